The fourth-order valence-electron chi connectivity index (χ4n) is 3.70. The molecular formula is C18H26N2O2. The topological polar surface area (TPSA) is 32.8 Å². The number of methoxy groups -OCH3 is 1. The quantitative estimate of drug-likeness (QED) is 0.857. The number of carbonyl (C=O) groups is 1. The highest BCUT2D eigenvalue weighted by atomic mass is 16.5. The molecule has 1 fully saturated rings. The van der Waals surface area contributed by atoms with Crippen LogP contribution in [0.25, 0.3) is 0 Å². The predicted octanol–water partition coefficient (Wildman–Crippen LogP) is 2.85. The Labute approximate surface area is 133 Å². The van der Waals surface area contributed by atoms with Crippen molar-refractivity contribution in [1.82, 2.24) is 4.90 Å². The van der Waals surface area contributed by atoms with E-state index in [9.17, 15) is 4.79 Å². The van der Waals surface area contributed by atoms with Crippen LogP contribution >= 0.6 is 0 Å². The van der Waals surface area contributed by atoms with Gasteiger partial charge in [0.25, 0.3) is 0 Å². The molecule has 1 unspecified atom stereocenters. The Balaban J connectivity index is 1.60. The monoisotopic (exact) mass is 302 g/mol. The van der Waals surface area contributed by atoms with Crippen molar-refractivity contribution < 1.29 is 9.53 Å². The summed E-state index contributed by atoms with van der Waals surface area (Å²) in [6, 6.07) is 6.60. The maximum Gasteiger partial charge on any atom is 0.227 e. The van der Waals surface area contributed by atoms with E-state index in [1.54, 1.807) is 7.11 Å². The molecule has 3 rings (SSSR count). The first kappa shape index (κ1) is 15.3. The minimum atomic E-state index is 0.267. The van der Waals surface area contributed by atoms with E-state index < -0.39 is 0 Å². The van der Waals surface area contributed by atoms with Gasteiger partial charge in [-0.25, -0.2) is 0 Å². The number of benzene rings is 1. The number of hydrogen-bond acceptors (Lipinski definition) is 3. The van der Waals surface area contributed by atoms with Crippen LogP contribution in [-0.2, 0) is 11.2 Å². The Morgan fingerprint density at radius 3 is 2.95 bits per heavy atom. The van der Waals surface area contributed by atoms with E-state index in [4.69, 9.17) is 4.74 Å². The second kappa shape index (κ2) is 6.69. The van der Waals surface area contributed by atoms with Crippen molar-refractivity contribution in [3.8, 4) is 5.75 Å². The number of ether oxygens (including phenoxy) is 1. The summed E-state index contributed by atoms with van der Waals surface area (Å²) in [6.45, 7) is 1.98. The van der Waals surface area contributed by atoms with E-state index in [0.717, 1.165) is 30.8 Å². The third-order valence-electron chi connectivity index (χ3n) is 5.10. The van der Waals surface area contributed by atoms with Crippen molar-refractivity contribution in [2.24, 2.45) is 0 Å². The van der Waals surface area contributed by atoms with Gasteiger partial charge in [0, 0.05) is 24.7 Å². The second-order valence-electron chi connectivity index (χ2n) is 6.46. The second-order valence-corrected chi connectivity index (χ2v) is 6.46. The summed E-state index contributed by atoms with van der Waals surface area (Å²) >= 11 is 0. The molecule has 1 amide bonds. The Bertz CT molecular complexity index is 544. The summed E-state index contributed by atoms with van der Waals surface area (Å²) in [6.07, 6.45) is 6.40. The minimum Gasteiger partial charge on any atom is -0.497 e. The van der Waals surface area contributed by atoms with E-state index in [1.807, 2.05) is 17.0 Å². The summed E-state index contributed by atoms with van der Waals surface area (Å²) in [5, 5.41) is 0. The van der Waals surface area contributed by atoms with Crippen LogP contribution in [0.15, 0.2) is 18.2 Å². The van der Waals surface area contributed by atoms with Gasteiger partial charge < -0.3 is 14.5 Å². The van der Waals surface area contributed by atoms with E-state index in [1.165, 1.54) is 31.4 Å². The van der Waals surface area contributed by atoms with Crippen LogP contribution in [0.5, 0.6) is 5.75 Å². The van der Waals surface area contributed by atoms with Gasteiger partial charge in [-0.1, -0.05) is 6.42 Å². The maximum atomic E-state index is 12.6. The Morgan fingerprint density at radius 2 is 2.18 bits per heavy atom. The zero-order valence-corrected chi connectivity index (χ0v) is 13.7. The normalized spacial score (nSPS) is 21.7. The van der Waals surface area contributed by atoms with Crippen molar-refractivity contribution in [1.29, 1.82) is 0 Å². The van der Waals surface area contributed by atoms with E-state index >= 15 is 0 Å². The molecule has 1 saturated heterocycles. The van der Waals surface area contributed by atoms with Crippen LogP contribution in [0.4, 0.5) is 5.69 Å². The van der Waals surface area contributed by atoms with Crippen molar-refractivity contribution in [2.45, 2.75) is 44.6 Å². The highest BCUT2D eigenvalue weighted by Gasteiger charge is 2.26. The van der Waals surface area contributed by atoms with Gasteiger partial charge in [0.1, 0.15) is 5.75 Å². The zero-order valence-electron chi connectivity index (χ0n) is 13.7. The van der Waals surface area contributed by atoms with Crippen LogP contribution in [0.1, 0.15) is 37.7 Å². The molecule has 4 heteroatoms. The van der Waals surface area contributed by atoms with Crippen LogP contribution < -0.4 is 9.64 Å². The Morgan fingerprint density at radius 1 is 1.32 bits per heavy atom. The smallest absolute Gasteiger partial charge is 0.227 e. The van der Waals surface area contributed by atoms with Crippen LogP contribution in [0.3, 0.4) is 0 Å². The molecule has 120 valence electrons. The molecule has 4 nitrogen and oxygen atoms in total. The van der Waals surface area contributed by atoms with Gasteiger partial charge in [0.15, 0.2) is 0 Å². The van der Waals surface area contributed by atoms with Crippen molar-refractivity contribution in [3.05, 3.63) is 23.8 Å². The molecule has 0 saturated carbocycles. The first-order chi connectivity index (χ1) is 10.7. The van der Waals surface area contributed by atoms with Gasteiger partial charge in [-0.15, -0.1) is 0 Å². The highest BCUT2D eigenvalue weighted by molar-refractivity contribution is 5.95. The van der Waals surface area contributed by atoms with Crippen LogP contribution in [0, 0.1) is 0 Å². The van der Waals surface area contributed by atoms with Crippen LogP contribution in [0.2, 0.25) is 0 Å². The van der Waals surface area contributed by atoms with Crippen molar-refractivity contribution >= 4 is 11.6 Å². The number of likely N-dealkylation sites (tertiary alicyclic amines) is 1. The van der Waals surface area contributed by atoms with E-state index in [0.29, 0.717) is 12.5 Å². The number of piperidine rings is 1. The molecule has 1 aromatic rings. The molecule has 0 N–H and O–H groups in total. The van der Waals surface area contributed by atoms with Crippen LogP contribution in [-0.4, -0.2) is 44.1 Å². The number of anilines is 1. The maximum absolute atomic E-state index is 12.6. The van der Waals surface area contributed by atoms with Gasteiger partial charge in [0.2, 0.25) is 5.91 Å². The standard InChI is InChI=1S/C18H26N2O2/c1-19-11-4-3-5-15(19)6-9-18(21)20-12-10-14-13-16(22-2)7-8-17(14)20/h7-8,13,15H,3-6,9-12H2,1-2H3. The molecule has 1 atom stereocenters. The molecule has 0 radical (unpaired) electrons. The number of nitrogens with zero attached hydrogens (tertiary/aromatic N) is 2. The molecule has 2 heterocycles. The van der Waals surface area contributed by atoms with Gasteiger partial charge in [-0.05, 0) is 63.0 Å². The highest BCUT2D eigenvalue weighted by Crippen LogP contribution is 2.32. The summed E-state index contributed by atoms with van der Waals surface area (Å²) in [4.78, 5) is 17.0. The average Bonchev–Trinajstić information content (AvgIpc) is 2.96. The molecule has 0 bridgehead atoms. The summed E-state index contributed by atoms with van der Waals surface area (Å²) in [5.74, 6) is 1.14. The molecule has 0 aliphatic carbocycles. The van der Waals surface area contributed by atoms with Gasteiger partial charge in [-0.3, -0.25) is 4.79 Å². The summed E-state index contributed by atoms with van der Waals surface area (Å²) in [7, 11) is 3.87. The van der Waals surface area contributed by atoms with Gasteiger partial charge >= 0.3 is 0 Å². The molecule has 2 aliphatic rings. The molecular weight excluding hydrogens is 276 g/mol. The fraction of sp³-hybridized carbons (Fsp3) is 0.611. The SMILES string of the molecule is COc1ccc2c(c1)CCN2C(=O)CCC1CCCCN1C. The molecule has 0 spiro atoms. The summed E-state index contributed by atoms with van der Waals surface area (Å²) in [5.41, 5.74) is 2.30. The lowest BCUT2D eigenvalue weighted by Crippen LogP contribution is -2.37. The first-order valence-electron chi connectivity index (χ1n) is 8.36. The zero-order chi connectivity index (χ0) is 15.5. The van der Waals surface area contributed by atoms with E-state index in [-0.39, 0.29) is 5.91 Å². The Hall–Kier alpha value is -1.55. The van der Waals surface area contributed by atoms with Gasteiger partial charge in [-0.2, -0.15) is 0 Å². The number of carbonyl (C=O) groups excluding carboxylic acids is 1. The van der Waals surface area contributed by atoms with Gasteiger partial charge in [0.05, 0.1) is 7.11 Å². The molecule has 1 aromatic carbocycles. The lowest BCUT2D eigenvalue weighted by atomic mass is 9.98. The number of hydrogen-bond donors (Lipinski definition) is 0. The summed E-state index contributed by atoms with van der Waals surface area (Å²) < 4.78 is 5.26. The number of fused-ring (bicyclic) bond motifs is 1. The third-order valence-corrected chi connectivity index (χ3v) is 5.10. The van der Waals surface area contributed by atoms with E-state index in [2.05, 4.69) is 18.0 Å². The lowest BCUT2D eigenvalue weighted by molar-refractivity contribution is -0.118. The molecule has 0 aromatic heterocycles. The predicted molar refractivity (Wildman–Crippen MR) is 88.6 cm³/mol. The number of rotatable bonds is 4. The molecule has 2 aliphatic heterocycles. The fourth-order valence-corrected chi connectivity index (χ4v) is 3.70. The largest absolute Gasteiger partial charge is 0.497 e. The first-order valence-corrected chi connectivity index (χ1v) is 8.36. The Kier molecular flexibility index (Phi) is 4.67. The average molecular weight is 302 g/mol. The molecule has 22 heavy (non-hydrogen) atoms. The third kappa shape index (κ3) is 3.12. The minimum absolute atomic E-state index is 0.267. The van der Waals surface area contributed by atoms with Crippen molar-refractivity contribution in [3.63, 3.8) is 0 Å². The van der Waals surface area contributed by atoms with Crippen molar-refractivity contribution in [2.75, 3.05) is 32.1 Å². The number of amides is 1. The lowest BCUT2D eigenvalue weighted by Gasteiger charge is -2.32.